The molecule has 0 heterocycles. The first-order valence-corrected chi connectivity index (χ1v) is 5.13. The van der Waals surface area contributed by atoms with Crippen molar-refractivity contribution in [2.45, 2.75) is 46.5 Å². The second kappa shape index (κ2) is 13.8. The van der Waals surface area contributed by atoms with E-state index < -0.39 is 0 Å². The van der Waals surface area contributed by atoms with Gasteiger partial charge in [-0.3, -0.25) is 0 Å². The first kappa shape index (κ1) is 14.7. The molecule has 0 spiro atoms. The number of unbranched alkanes of at least 4 members (excludes halogenated alkanes) is 3. The Morgan fingerprint density at radius 2 is 1.62 bits per heavy atom. The molecule has 0 bridgehead atoms. The van der Waals surface area contributed by atoms with Crippen molar-refractivity contribution in [3.05, 3.63) is 37.0 Å². The second-order valence-corrected chi connectivity index (χ2v) is 3.15. The average Bonchev–Trinajstić information content (AvgIpc) is 2.12. The summed E-state index contributed by atoms with van der Waals surface area (Å²) in [6.07, 6.45) is 11.0. The smallest absolute Gasteiger partial charge is 0.0404 e. The fourth-order valence-electron chi connectivity index (χ4n) is 0.732. The standard InChI is InChI=1S/C7H10.C6H14/c1-4-5-6-7(2)3;1-3-5-6-4-2/h4-6H,1-2H2,3H3;3-6H2,1-2H3/b6-5-;. The van der Waals surface area contributed by atoms with E-state index in [2.05, 4.69) is 27.0 Å². The van der Waals surface area contributed by atoms with Crippen LogP contribution in [0.25, 0.3) is 0 Å². The van der Waals surface area contributed by atoms with Gasteiger partial charge in [0.2, 0.25) is 0 Å². The molecule has 0 rings (SSSR count). The summed E-state index contributed by atoms with van der Waals surface area (Å²) in [5.41, 5.74) is 1.06. The van der Waals surface area contributed by atoms with Gasteiger partial charge in [0.05, 0.1) is 0 Å². The van der Waals surface area contributed by atoms with Crippen LogP contribution in [0.5, 0.6) is 0 Å². The molecule has 0 radical (unpaired) electrons. The summed E-state index contributed by atoms with van der Waals surface area (Å²) in [7, 11) is 0. The molecule has 0 aliphatic rings. The van der Waals surface area contributed by atoms with Crippen molar-refractivity contribution in [2.24, 2.45) is 0 Å². The summed E-state index contributed by atoms with van der Waals surface area (Å²) in [4.78, 5) is 0. The van der Waals surface area contributed by atoms with E-state index in [0.717, 1.165) is 5.57 Å². The summed E-state index contributed by atoms with van der Waals surface area (Å²) >= 11 is 0. The van der Waals surface area contributed by atoms with Gasteiger partial charge in [-0.1, -0.05) is 76.5 Å². The van der Waals surface area contributed by atoms with Gasteiger partial charge in [0.15, 0.2) is 0 Å². The predicted octanol–water partition coefficient (Wildman–Crippen LogP) is 4.89. The highest BCUT2D eigenvalue weighted by Gasteiger charge is 1.75. The molecule has 0 nitrogen and oxygen atoms in total. The van der Waals surface area contributed by atoms with Crippen LogP contribution in [0.2, 0.25) is 0 Å². The number of hydrogen-bond donors (Lipinski definition) is 0. The minimum atomic E-state index is 1.06. The molecule has 0 N–H and O–H groups in total. The van der Waals surface area contributed by atoms with Crippen molar-refractivity contribution in [3.8, 4) is 0 Å². The van der Waals surface area contributed by atoms with Crippen LogP contribution in [0.1, 0.15) is 46.5 Å². The van der Waals surface area contributed by atoms with Gasteiger partial charge >= 0.3 is 0 Å². The molecule has 0 aliphatic heterocycles. The Morgan fingerprint density at radius 3 is 1.77 bits per heavy atom. The molecule has 0 amide bonds. The first-order valence-electron chi connectivity index (χ1n) is 5.13. The summed E-state index contributed by atoms with van der Waals surface area (Å²) in [5, 5.41) is 0. The van der Waals surface area contributed by atoms with E-state index in [4.69, 9.17) is 0 Å². The molecule has 76 valence electrons. The molecule has 0 atom stereocenters. The zero-order valence-corrected chi connectivity index (χ0v) is 9.47. The van der Waals surface area contributed by atoms with Gasteiger partial charge in [0.1, 0.15) is 0 Å². The maximum atomic E-state index is 3.66. The van der Waals surface area contributed by atoms with Gasteiger partial charge < -0.3 is 0 Å². The fourth-order valence-corrected chi connectivity index (χ4v) is 0.732. The summed E-state index contributed by atoms with van der Waals surface area (Å²) in [6.45, 7) is 13.6. The van der Waals surface area contributed by atoms with E-state index in [1.54, 1.807) is 6.08 Å². The molecule has 0 aliphatic carbocycles. The summed E-state index contributed by atoms with van der Waals surface area (Å²) in [6, 6.07) is 0. The zero-order chi connectivity index (χ0) is 10.5. The Kier molecular flexibility index (Phi) is 15.6. The minimum Gasteiger partial charge on any atom is -0.0991 e. The third-order valence-electron chi connectivity index (χ3n) is 1.47. The Bertz CT molecular complexity index is 136. The Balaban J connectivity index is 0. The van der Waals surface area contributed by atoms with E-state index >= 15 is 0 Å². The molecule has 0 fully saturated rings. The third-order valence-corrected chi connectivity index (χ3v) is 1.47. The summed E-state index contributed by atoms with van der Waals surface area (Å²) < 4.78 is 0. The quantitative estimate of drug-likeness (QED) is 0.417. The van der Waals surface area contributed by atoms with Gasteiger partial charge in [-0.25, -0.2) is 0 Å². The zero-order valence-electron chi connectivity index (χ0n) is 9.47. The van der Waals surface area contributed by atoms with Gasteiger partial charge in [-0.05, 0) is 6.92 Å². The number of allylic oxidation sites excluding steroid dienone is 4. The van der Waals surface area contributed by atoms with Crippen LogP contribution in [0.4, 0.5) is 0 Å². The van der Waals surface area contributed by atoms with Crippen LogP contribution in [-0.4, -0.2) is 0 Å². The van der Waals surface area contributed by atoms with Crippen LogP contribution in [0.15, 0.2) is 37.0 Å². The molecular formula is C13H24. The summed E-state index contributed by atoms with van der Waals surface area (Å²) in [5.74, 6) is 0. The molecule has 0 aromatic rings. The normalized spacial score (nSPS) is 9.15. The van der Waals surface area contributed by atoms with E-state index in [-0.39, 0.29) is 0 Å². The van der Waals surface area contributed by atoms with Crippen molar-refractivity contribution >= 4 is 0 Å². The predicted molar refractivity (Wildman–Crippen MR) is 64.0 cm³/mol. The van der Waals surface area contributed by atoms with Crippen LogP contribution >= 0.6 is 0 Å². The first-order chi connectivity index (χ1) is 6.18. The topological polar surface area (TPSA) is 0 Å². The van der Waals surface area contributed by atoms with Gasteiger partial charge in [-0.2, -0.15) is 0 Å². The Labute approximate surface area is 84.1 Å². The molecule has 0 unspecified atom stereocenters. The SMILES string of the molecule is C=C/C=C\C(=C)C.CCCCCC. The maximum absolute atomic E-state index is 3.66. The van der Waals surface area contributed by atoms with E-state index in [1.807, 2.05) is 19.1 Å². The van der Waals surface area contributed by atoms with E-state index in [0.29, 0.717) is 0 Å². The molecule has 0 aromatic heterocycles. The lowest BCUT2D eigenvalue weighted by molar-refractivity contribution is 0.702. The minimum absolute atomic E-state index is 1.06. The molecular weight excluding hydrogens is 156 g/mol. The van der Waals surface area contributed by atoms with Crippen LogP contribution in [0.3, 0.4) is 0 Å². The largest absolute Gasteiger partial charge is 0.0991 e. The lowest BCUT2D eigenvalue weighted by atomic mass is 10.2. The van der Waals surface area contributed by atoms with E-state index in [1.165, 1.54) is 25.7 Å². The van der Waals surface area contributed by atoms with Crippen molar-refractivity contribution in [2.75, 3.05) is 0 Å². The van der Waals surface area contributed by atoms with Crippen LogP contribution in [0, 0.1) is 0 Å². The van der Waals surface area contributed by atoms with Crippen molar-refractivity contribution < 1.29 is 0 Å². The second-order valence-electron chi connectivity index (χ2n) is 3.15. The maximum Gasteiger partial charge on any atom is -0.0404 e. The molecule has 0 saturated carbocycles. The van der Waals surface area contributed by atoms with Crippen LogP contribution in [-0.2, 0) is 0 Å². The molecule has 0 aromatic carbocycles. The van der Waals surface area contributed by atoms with E-state index in [9.17, 15) is 0 Å². The molecule has 0 heteroatoms. The number of rotatable bonds is 5. The Hall–Kier alpha value is -0.780. The fraction of sp³-hybridized carbons (Fsp3) is 0.538. The lowest BCUT2D eigenvalue weighted by Gasteiger charge is -1.86. The van der Waals surface area contributed by atoms with Crippen molar-refractivity contribution in [1.82, 2.24) is 0 Å². The van der Waals surface area contributed by atoms with Gasteiger partial charge in [0.25, 0.3) is 0 Å². The average molecular weight is 180 g/mol. The number of hydrogen-bond acceptors (Lipinski definition) is 0. The Morgan fingerprint density at radius 1 is 1.15 bits per heavy atom. The monoisotopic (exact) mass is 180 g/mol. The highest BCUT2D eigenvalue weighted by Crippen LogP contribution is 1.95. The van der Waals surface area contributed by atoms with Crippen molar-refractivity contribution in [1.29, 1.82) is 0 Å². The lowest BCUT2D eigenvalue weighted by Crippen LogP contribution is -1.66. The van der Waals surface area contributed by atoms with Gasteiger partial charge in [0, 0.05) is 0 Å². The highest BCUT2D eigenvalue weighted by molar-refractivity contribution is 5.15. The third kappa shape index (κ3) is 24.7. The molecule has 13 heavy (non-hydrogen) atoms. The van der Waals surface area contributed by atoms with Crippen LogP contribution < -0.4 is 0 Å². The van der Waals surface area contributed by atoms with Gasteiger partial charge in [-0.15, -0.1) is 0 Å². The molecule has 0 saturated heterocycles. The van der Waals surface area contributed by atoms with Crippen molar-refractivity contribution in [3.63, 3.8) is 0 Å². The highest BCUT2D eigenvalue weighted by atomic mass is 13.8.